The molecule has 1 N–H and O–H groups in total. The number of rotatable bonds is 7. The van der Waals surface area contributed by atoms with Gasteiger partial charge in [0.1, 0.15) is 0 Å². The highest BCUT2D eigenvalue weighted by molar-refractivity contribution is 5.19. The van der Waals surface area contributed by atoms with Crippen molar-refractivity contribution in [3.8, 4) is 12.3 Å². The molecule has 1 aromatic rings. The highest BCUT2D eigenvalue weighted by Crippen LogP contribution is 2.12. The van der Waals surface area contributed by atoms with Crippen LogP contribution in [0, 0.1) is 24.0 Å². The second-order valence-corrected chi connectivity index (χ2v) is 4.35. The summed E-state index contributed by atoms with van der Waals surface area (Å²) in [5, 5.41) is 3.38. The Hall–Kier alpha value is -1.40. The van der Waals surface area contributed by atoms with Crippen LogP contribution in [0.25, 0.3) is 0 Å². The Labute approximate surface area is 108 Å². The topological polar surface area (TPSA) is 12.0 Å². The van der Waals surface area contributed by atoms with Crippen LogP contribution in [0.2, 0.25) is 0 Å². The Morgan fingerprint density at radius 2 is 2.11 bits per heavy atom. The first kappa shape index (κ1) is 14.7. The lowest BCUT2D eigenvalue weighted by atomic mass is 10.0. The van der Waals surface area contributed by atoms with Gasteiger partial charge in [0.2, 0.25) is 0 Å². The van der Waals surface area contributed by atoms with Crippen LogP contribution >= 0.6 is 0 Å². The van der Waals surface area contributed by atoms with Gasteiger partial charge in [-0.1, -0.05) is 13.0 Å². The van der Waals surface area contributed by atoms with Gasteiger partial charge in [-0.2, -0.15) is 0 Å². The summed E-state index contributed by atoms with van der Waals surface area (Å²) in [6.07, 6.45) is 8.48. The molecule has 1 atom stereocenters. The fourth-order valence-corrected chi connectivity index (χ4v) is 1.83. The number of terminal acetylenes is 1. The number of halogens is 2. The molecule has 0 aliphatic carbocycles. The Kier molecular flexibility index (Phi) is 6.38. The highest BCUT2D eigenvalue weighted by atomic mass is 19.2. The second-order valence-electron chi connectivity index (χ2n) is 4.35. The van der Waals surface area contributed by atoms with Crippen molar-refractivity contribution in [2.24, 2.45) is 0 Å². The van der Waals surface area contributed by atoms with Crippen LogP contribution in [0.1, 0.15) is 31.7 Å². The molecule has 0 fully saturated rings. The van der Waals surface area contributed by atoms with Crippen LogP contribution in [0.5, 0.6) is 0 Å². The first-order valence-corrected chi connectivity index (χ1v) is 6.28. The van der Waals surface area contributed by atoms with Crippen LogP contribution in [0.15, 0.2) is 18.2 Å². The molecule has 0 radical (unpaired) electrons. The van der Waals surface area contributed by atoms with Crippen molar-refractivity contribution in [3.05, 3.63) is 35.4 Å². The summed E-state index contributed by atoms with van der Waals surface area (Å²) in [6.45, 7) is 2.99. The van der Waals surface area contributed by atoms with Crippen molar-refractivity contribution >= 4 is 0 Å². The fourth-order valence-electron chi connectivity index (χ4n) is 1.83. The molecule has 0 saturated carbocycles. The molecule has 1 unspecified atom stereocenters. The van der Waals surface area contributed by atoms with E-state index in [1.165, 1.54) is 12.1 Å². The average Bonchev–Trinajstić information content (AvgIpc) is 2.37. The summed E-state index contributed by atoms with van der Waals surface area (Å²) in [7, 11) is 0. The summed E-state index contributed by atoms with van der Waals surface area (Å²) in [5.41, 5.74) is 0.791. The van der Waals surface area contributed by atoms with Gasteiger partial charge in [-0.05, 0) is 43.5 Å². The molecular formula is C15H19F2N. The molecule has 1 nitrogen and oxygen atoms in total. The van der Waals surface area contributed by atoms with Crippen molar-refractivity contribution in [2.75, 3.05) is 6.54 Å². The largest absolute Gasteiger partial charge is 0.314 e. The SMILES string of the molecule is C#CCCC(Cc1ccc(F)c(F)c1)NCCC. The molecule has 0 bridgehead atoms. The zero-order chi connectivity index (χ0) is 13.4. The van der Waals surface area contributed by atoms with Crippen LogP contribution in [0.4, 0.5) is 8.78 Å². The maximum Gasteiger partial charge on any atom is 0.159 e. The maximum absolute atomic E-state index is 13.1. The van der Waals surface area contributed by atoms with Crippen molar-refractivity contribution in [2.45, 2.75) is 38.6 Å². The number of benzene rings is 1. The smallest absolute Gasteiger partial charge is 0.159 e. The van der Waals surface area contributed by atoms with Gasteiger partial charge in [0.25, 0.3) is 0 Å². The predicted molar refractivity (Wildman–Crippen MR) is 70.2 cm³/mol. The normalized spacial score (nSPS) is 12.1. The molecular weight excluding hydrogens is 232 g/mol. The summed E-state index contributed by atoms with van der Waals surface area (Å²) in [4.78, 5) is 0. The van der Waals surface area contributed by atoms with E-state index in [1.54, 1.807) is 6.07 Å². The van der Waals surface area contributed by atoms with E-state index >= 15 is 0 Å². The molecule has 98 valence electrons. The maximum atomic E-state index is 13.1. The third-order valence-corrected chi connectivity index (χ3v) is 2.79. The molecule has 0 aromatic heterocycles. The molecule has 18 heavy (non-hydrogen) atoms. The third kappa shape index (κ3) is 4.85. The molecule has 0 saturated heterocycles. The van der Waals surface area contributed by atoms with Crippen LogP contribution in [0.3, 0.4) is 0 Å². The minimum Gasteiger partial charge on any atom is -0.314 e. The van der Waals surface area contributed by atoms with E-state index in [4.69, 9.17) is 6.42 Å². The molecule has 0 aliphatic heterocycles. The Morgan fingerprint density at radius 3 is 2.72 bits per heavy atom. The van der Waals surface area contributed by atoms with Gasteiger partial charge >= 0.3 is 0 Å². The minimum absolute atomic E-state index is 0.214. The number of nitrogens with one attached hydrogen (secondary N) is 1. The molecule has 0 aliphatic rings. The monoisotopic (exact) mass is 251 g/mol. The average molecular weight is 251 g/mol. The highest BCUT2D eigenvalue weighted by Gasteiger charge is 2.10. The van der Waals surface area contributed by atoms with Gasteiger partial charge in [0, 0.05) is 12.5 Å². The molecule has 0 spiro atoms. The molecule has 0 heterocycles. The fraction of sp³-hybridized carbons (Fsp3) is 0.467. The summed E-state index contributed by atoms with van der Waals surface area (Å²) in [5.74, 6) is 1.01. The van der Waals surface area contributed by atoms with Crippen LogP contribution in [-0.4, -0.2) is 12.6 Å². The molecule has 3 heteroatoms. The van der Waals surface area contributed by atoms with Crippen LogP contribution in [-0.2, 0) is 6.42 Å². The Bertz CT molecular complexity index is 409. The first-order valence-electron chi connectivity index (χ1n) is 6.28. The van der Waals surface area contributed by atoms with E-state index in [0.717, 1.165) is 24.9 Å². The van der Waals surface area contributed by atoms with E-state index in [2.05, 4.69) is 18.2 Å². The lowest BCUT2D eigenvalue weighted by Crippen LogP contribution is -2.31. The van der Waals surface area contributed by atoms with Gasteiger partial charge in [-0.15, -0.1) is 12.3 Å². The third-order valence-electron chi connectivity index (χ3n) is 2.79. The summed E-state index contributed by atoms with van der Waals surface area (Å²) in [6, 6.07) is 4.26. The Balaban J connectivity index is 2.63. The van der Waals surface area contributed by atoms with Crippen molar-refractivity contribution < 1.29 is 8.78 Å². The zero-order valence-electron chi connectivity index (χ0n) is 10.7. The standard InChI is InChI=1S/C15H19F2N/c1-3-5-6-13(18-9-4-2)10-12-7-8-14(16)15(17)11-12/h1,7-8,11,13,18H,4-6,9-10H2,2H3. The lowest BCUT2D eigenvalue weighted by Gasteiger charge is -2.17. The van der Waals surface area contributed by atoms with E-state index in [9.17, 15) is 8.78 Å². The summed E-state index contributed by atoms with van der Waals surface area (Å²) >= 11 is 0. The zero-order valence-corrected chi connectivity index (χ0v) is 10.7. The molecule has 0 amide bonds. The first-order chi connectivity index (χ1) is 8.67. The molecule has 1 rings (SSSR count). The molecule has 1 aromatic carbocycles. The van der Waals surface area contributed by atoms with Gasteiger partial charge in [-0.3, -0.25) is 0 Å². The minimum atomic E-state index is -0.805. The summed E-state index contributed by atoms with van der Waals surface area (Å²) < 4.78 is 25.9. The number of hydrogen-bond donors (Lipinski definition) is 1. The van der Waals surface area contributed by atoms with E-state index in [0.29, 0.717) is 12.8 Å². The Morgan fingerprint density at radius 1 is 1.33 bits per heavy atom. The van der Waals surface area contributed by atoms with Crippen molar-refractivity contribution in [3.63, 3.8) is 0 Å². The second kappa shape index (κ2) is 7.84. The van der Waals surface area contributed by atoms with Gasteiger partial charge < -0.3 is 5.32 Å². The van der Waals surface area contributed by atoms with Gasteiger partial charge in [0.05, 0.1) is 0 Å². The number of hydrogen-bond acceptors (Lipinski definition) is 1. The predicted octanol–water partition coefficient (Wildman–Crippen LogP) is 3.29. The van der Waals surface area contributed by atoms with Gasteiger partial charge in [0.15, 0.2) is 11.6 Å². The van der Waals surface area contributed by atoms with Crippen molar-refractivity contribution in [1.29, 1.82) is 0 Å². The van der Waals surface area contributed by atoms with E-state index in [1.807, 2.05) is 0 Å². The lowest BCUT2D eigenvalue weighted by molar-refractivity contribution is 0.477. The van der Waals surface area contributed by atoms with Crippen molar-refractivity contribution in [1.82, 2.24) is 5.32 Å². The quantitative estimate of drug-likeness (QED) is 0.733. The van der Waals surface area contributed by atoms with E-state index in [-0.39, 0.29) is 6.04 Å². The van der Waals surface area contributed by atoms with E-state index < -0.39 is 11.6 Å². The van der Waals surface area contributed by atoms with Gasteiger partial charge in [-0.25, -0.2) is 8.78 Å². The van der Waals surface area contributed by atoms with Crippen LogP contribution < -0.4 is 5.32 Å².